The van der Waals surface area contributed by atoms with Crippen LogP contribution in [0.3, 0.4) is 0 Å². The molecule has 1 aliphatic carbocycles. The number of benzene rings is 3. The molecule has 2 amide bonds. The fourth-order valence-corrected chi connectivity index (χ4v) is 7.75. The quantitative estimate of drug-likeness (QED) is 0.216. The number of aryl methyl sites for hydroxylation is 1. The number of carbonyl (C=O) groups excluding carboxylic acids is 2. The number of anilines is 1. The van der Waals surface area contributed by atoms with Crippen LogP contribution in [0.2, 0.25) is 0 Å². The molecule has 5 aromatic rings. The molecular formula is C36H31N5O6. The number of carbonyl (C=O) groups is 2. The van der Waals surface area contributed by atoms with Crippen LogP contribution in [0, 0.1) is 12.8 Å². The average Bonchev–Trinajstić information content (AvgIpc) is 3.74. The van der Waals surface area contributed by atoms with E-state index in [2.05, 4.69) is 5.43 Å². The molecule has 2 aliphatic heterocycles. The van der Waals surface area contributed by atoms with E-state index in [1.54, 1.807) is 54.6 Å². The molecule has 2 fully saturated rings. The van der Waals surface area contributed by atoms with Gasteiger partial charge < -0.3 is 9.52 Å². The van der Waals surface area contributed by atoms with E-state index in [0.717, 1.165) is 15.1 Å². The van der Waals surface area contributed by atoms with E-state index < -0.39 is 46.5 Å². The van der Waals surface area contributed by atoms with Crippen LogP contribution in [0.4, 0.5) is 5.69 Å². The molecule has 0 bridgehead atoms. The largest absolute Gasteiger partial charge is 0.463 e. The zero-order chi connectivity index (χ0) is 32.4. The monoisotopic (exact) mass is 629 g/mol. The summed E-state index contributed by atoms with van der Waals surface area (Å²) in [5.41, 5.74) is 3.92. The van der Waals surface area contributed by atoms with Gasteiger partial charge in [-0.05, 0) is 60.9 Å². The lowest BCUT2D eigenvalue weighted by atomic mass is 9.54. The van der Waals surface area contributed by atoms with Gasteiger partial charge in [0.1, 0.15) is 23.5 Å². The maximum absolute atomic E-state index is 15.0. The lowest BCUT2D eigenvalue weighted by molar-refractivity contribution is -0.138. The van der Waals surface area contributed by atoms with Crippen molar-refractivity contribution >= 4 is 17.5 Å². The van der Waals surface area contributed by atoms with E-state index in [0.29, 0.717) is 34.0 Å². The van der Waals surface area contributed by atoms with Gasteiger partial charge in [0, 0.05) is 0 Å². The maximum Gasteiger partial charge on any atom is 0.352 e. The molecule has 11 nitrogen and oxygen atoms in total. The molecule has 4 atom stereocenters. The second-order valence-corrected chi connectivity index (χ2v) is 12.3. The summed E-state index contributed by atoms with van der Waals surface area (Å²) in [6, 6.07) is 27.9. The highest BCUT2D eigenvalue weighted by Crippen LogP contribution is 2.62. The van der Waals surface area contributed by atoms with Gasteiger partial charge in [-0.2, -0.15) is 5.01 Å². The van der Waals surface area contributed by atoms with Crippen molar-refractivity contribution in [2.75, 3.05) is 5.43 Å². The number of hydrogen-bond donors (Lipinski definition) is 2. The minimum absolute atomic E-state index is 0.0762. The fraction of sp³-hybridized carbons (Fsp3) is 0.222. The number of nitrogens with zero attached hydrogens (tertiary/aromatic N) is 4. The minimum atomic E-state index is -1.46. The Morgan fingerprint density at radius 3 is 2.26 bits per heavy atom. The third-order valence-electron chi connectivity index (χ3n) is 9.79. The minimum Gasteiger partial charge on any atom is -0.463 e. The van der Waals surface area contributed by atoms with Gasteiger partial charge in [0.05, 0.1) is 35.8 Å². The number of hydrazine groups is 1. The Morgan fingerprint density at radius 2 is 1.57 bits per heavy atom. The van der Waals surface area contributed by atoms with E-state index in [1.165, 1.54) is 9.36 Å². The van der Waals surface area contributed by atoms with Gasteiger partial charge >= 0.3 is 11.4 Å². The molecular weight excluding hydrogens is 598 g/mol. The third-order valence-corrected chi connectivity index (χ3v) is 9.79. The smallest absolute Gasteiger partial charge is 0.352 e. The summed E-state index contributed by atoms with van der Waals surface area (Å²) < 4.78 is 10.1. The molecule has 0 spiro atoms. The number of aromatic nitrogens is 3. The van der Waals surface area contributed by atoms with Gasteiger partial charge in [-0.3, -0.25) is 15.0 Å². The van der Waals surface area contributed by atoms with Gasteiger partial charge in [0.2, 0.25) is 0 Å². The summed E-state index contributed by atoms with van der Waals surface area (Å²) in [5.74, 6) is -2.02. The number of hydrogen-bond acceptors (Lipinski definition) is 7. The summed E-state index contributed by atoms with van der Waals surface area (Å²) in [5, 5.41) is 11.0. The Bertz CT molecular complexity index is 2180. The van der Waals surface area contributed by atoms with Crippen molar-refractivity contribution < 1.29 is 19.1 Å². The lowest BCUT2D eigenvalue weighted by Crippen LogP contribution is -2.53. The Balaban J connectivity index is 1.36. The molecule has 2 N–H and O–H groups in total. The van der Waals surface area contributed by atoms with Crippen molar-refractivity contribution in [1.29, 1.82) is 0 Å². The zero-order valence-corrected chi connectivity index (χ0v) is 25.4. The standard InChI is InChI=1S/C36H31N5O6/c1-22-12-14-24(15-13-22)37-40-32(43)28-20-29-27(18-19-38-34(45)39(35(46)41(29)38)25-10-6-3-7-11-25)31(30-17-16-26(21-42)47-30)36(28,33(40)44)23-8-4-2-5-9-23/h2-18,28-29,31,37,42H,19-21H2,1H3/t28-,29+,31+,36+/m0/s1. The number of amides is 2. The number of allylic oxidation sites excluding steroid dienone is 2. The predicted octanol–water partition coefficient (Wildman–Crippen LogP) is 3.81. The van der Waals surface area contributed by atoms with Crippen molar-refractivity contribution in [2.45, 2.75) is 43.9 Å². The number of aliphatic hydroxyl groups is 1. The number of nitrogens with one attached hydrogen (secondary N) is 1. The Labute approximate surface area is 268 Å². The molecule has 3 aromatic carbocycles. The van der Waals surface area contributed by atoms with Crippen molar-refractivity contribution in [3.8, 4) is 5.69 Å². The van der Waals surface area contributed by atoms with Gasteiger partial charge in [-0.1, -0.05) is 72.3 Å². The van der Waals surface area contributed by atoms with E-state index in [-0.39, 0.29) is 19.6 Å². The highest BCUT2D eigenvalue weighted by Gasteiger charge is 2.69. The zero-order valence-electron chi connectivity index (χ0n) is 25.4. The summed E-state index contributed by atoms with van der Waals surface area (Å²) in [6.07, 6.45) is 1.96. The predicted molar refractivity (Wildman–Crippen MR) is 172 cm³/mol. The highest BCUT2D eigenvalue weighted by molar-refractivity contribution is 6.12. The fourth-order valence-electron chi connectivity index (χ4n) is 7.75. The van der Waals surface area contributed by atoms with Crippen LogP contribution in [0.1, 0.15) is 41.0 Å². The Hall–Kier alpha value is -5.68. The molecule has 1 saturated carbocycles. The van der Waals surface area contributed by atoms with Gasteiger partial charge in [-0.25, -0.2) is 23.5 Å². The second kappa shape index (κ2) is 10.7. The first-order valence-electron chi connectivity index (χ1n) is 15.5. The first kappa shape index (κ1) is 28.8. The SMILES string of the molecule is Cc1ccc(NN2C(=O)[C@@H]3C[C@@H]4C(=CCn5c(=O)n(-c6ccccc6)c(=O)n54)[C@H](c4ccc(CO)o4)[C@]3(c3ccccc3)C2=O)cc1. The van der Waals surface area contributed by atoms with E-state index in [4.69, 9.17) is 4.42 Å². The van der Waals surface area contributed by atoms with Crippen LogP contribution in [-0.2, 0) is 28.2 Å². The first-order chi connectivity index (χ1) is 22.8. The summed E-state index contributed by atoms with van der Waals surface area (Å²) in [4.78, 5) is 57.5. The van der Waals surface area contributed by atoms with Crippen molar-refractivity contribution in [2.24, 2.45) is 5.92 Å². The average molecular weight is 630 g/mol. The normalized spacial score (nSPS) is 23.2. The highest BCUT2D eigenvalue weighted by atomic mass is 16.4. The molecule has 4 heterocycles. The topological polar surface area (TPSA) is 132 Å². The molecule has 8 rings (SSSR count). The molecule has 11 heteroatoms. The molecule has 236 valence electrons. The molecule has 0 unspecified atom stereocenters. The maximum atomic E-state index is 15.0. The molecule has 2 aromatic heterocycles. The summed E-state index contributed by atoms with van der Waals surface area (Å²) in [7, 11) is 0. The molecule has 3 aliphatic rings. The van der Waals surface area contributed by atoms with Crippen LogP contribution in [0.5, 0.6) is 0 Å². The summed E-state index contributed by atoms with van der Waals surface area (Å²) in [6.45, 7) is 1.67. The molecule has 47 heavy (non-hydrogen) atoms. The van der Waals surface area contributed by atoms with Crippen LogP contribution in [-0.4, -0.2) is 35.9 Å². The van der Waals surface area contributed by atoms with Crippen LogP contribution < -0.4 is 16.8 Å². The van der Waals surface area contributed by atoms with Crippen molar-refractivity contribution in [3.05, 3.63) is 152 Å². The van der Waals surface area contributed by atoms with E-state index in [1.807, 2.05) is 55.5 Å². The third kappa shape index (κ3) is 4.09. The van der Waals surface area contributed by atoms with E-state index >= 15 is 4.79 Å². The first-order valence-corrected chi connectivity index (χ1v) is 15.5. The van der Waals surface area contributed by atoms with Crippen LogP contribution in [0.15, 0.2) is 123 Å². The Kier molecular flexibility index (Phi) is 6.55. The van der Waals surface area contributed by atoms with Gasteiger partial charge in [0.15, 0.2) is 0 Å². The van der Waals surface area contributed by atoms with Gasteiger partial charge in [0.25, 0.3) is 11.8 Å². The van der Waals surface area contributed by atoms with Crippen molar-refractivity contribution in [1.82, 2.24) is 18.9 Å². The number of furan rings is 1. The Morgan fingerprint density at radius 1 is 0.872 bits per heavy atom. The molecule has 1 saturated heterocycles. The number of rotatable bonds is 6. The van der Waals surface area contributed by atoms with Gasteiger partial charge in [-0.15, -0.1) is 0 Å². The number of imide groups is 1. The number of aliphatic hydroxyl groups excluding tert-OH is 1. The lowest BCUT2D eigenvalue weighted by Gasteiger charge is -2.47. The van der Waals surface area contributed by atoms with Crippen LogP contribution in [0.25, 0.3) is 5.69 Å². The molecule has 0 radical (unpaired) electrons. The summed E-state index contributed by atoms with van der Waals surface area (Å²) >= 11 is 0. The second-order valence-electron chi connectivity index (χ2n) is 12.3. The number of fused-ring (bicyclic) bond motifs is 4. The van der Waals surface area contributed by atoms with Crippen molar-refractivity contribution in [3.63, 3.8) is 0 Å². The van der Waals surface area contributed by atoms with Crippen LogP contribution >= 0.6 is 0 Å². The number of para-hydroxylation sites is 1. The van der Waals surface area contributed by atoms with E-state index in [9.17, 15) is 19.5 Å².